The van der Waals surface area contributed by atoms with Crippen molar-refractivity contribution in [1.82, 2.24) is 0 Å². The Morgan fingerprint density at radius 3 is 2.68 bits per heavy atom. The lowest BCUT2D eigenvalue weighted by molar-refractivity contribution is -0.115. The van der Waals surface area contributed by atoms with Gasteiger partial charge in [-0.25, -0.2) is 0 Å². The summed E-state index contributed by atoms with van der Waals surface area (Å²) in [5, 5.41) is 5.65. The maximum absolute atomic E-state index is 12.3. The summed E-state index contributed by atoms with van der Waals surface area (Å²) in [5.41, 5.74) is 4.32. The summed E-state index contributed by atoms with van der Waals surface area (Å²) < 4.78 is 0. The second-order valence-corrected chi connectivity index (χ2v) is 5.50. The first-order chi connectivity index (χ1) is 10.7. The van der Waals surface area contributed by atoms with Crippen LogP contribution >= 0.6 is 0 Å². The van der Waals surface area contributed by atoms with Crippen LogP contribution in [0.25, 0.3) is 0 Å². The highest BCUT2D eigenvalue weighted by molar-refractivity contribution is 6.05. The fourth-order valence-electron chi connectivity index (χ4n) is 2.62. The third-order valence-electron chi connectivity index (χ3n) is 3.74. The summed E-state index contributed by atoms with van der Waals surface area (Å²) in [6, 6.07) is 13.1. The number of hydrogen-bond acceptors (Lipinski definition) is 2. The molecule has 3 rings (SSSR count). The van der Waals surface area contributed by atoms with Crippen LogP contribution in [0.15, 0.2) is 42.5 Å². The predicted molar refractivity (Wildman–Crippen MR) is 87.2 cm³/mol. The third-order valence-corrected chi connectivity index (χ3v) is 3.74. The zero-order valence-corrected chi connectivity index (χ0v) is 12.5. The van der Waals surface area contributed by atoms with Crippen molar-refractivity contribution in [1.29, 1.82) is 0 Å². The number of rotatable bonds is 4. The van der Waals surface area contributed by atoms with Gasteiger partial charge in [-0.15, -0.1) is 0 Å². The van der Waals surface area contributed by atoms with E-state index in [2.05, 4.69) is 17.6 Å². The minimum atomic E-state index is -0.139. The van der Waals surface area contributed by atoms with Crippen LogP contribution in [0, 0.1) is 0 Å². The van der Waals surface area contributed by atoms with E-state index in [-0.39, 0.29) is 11.8 Å². The Morgan fingerprint density at radius 1 is 1.18 bits per heavy atom. The lowest BCUT2D eigenvalue weighted by Crippen LogP contribution is -2.12. The van der Waals surface area contributed by atoms with E-state index in [4.69, 9.17) is 0 Å². The van der Waals surface area contributed by atoms with E-state index in [1.165, 1.54) is 5.56 Å². The van der Waals surface area contributed by atoms with Gasteiger partial charge >= 0.3 is 0 Å². The molecule has 4 nitrogen and oxygen atoms in total. The lowest BCUT2D eigenvalue weighted by Gasteiger charge is -2.08. The van der Waals surface area contributed by atoms with Gasteiger partial charge in [0.1, 0.15) is 0 Å². The number of fused-ring (bicyclic) bond motifs is 1. The van der Waals surface area contributed by atoms with Gasteiger partial charge in [0.2, 0.25) is 5.91 Å². The molecule has 0 unspecified atom stereocenters. The van der Waals surface area contributed by atoms with Crippen molar-refractivity contribution >= 4 is 23.2 Å². The molecule has 0 atom stereocenters. The molecule has 0 saturated heterocycles. The second kappa shape index (κ2) is 6.02. The fraction of sp³-hybridized carbons (Fsp3) is 0.222. The Morgan fingerprint density at radius 2 is 1.95 bits per heavy atom. The molecule has 1 aliphatic rings. The van der Waals surface area contributed by atoms with E-state index >= 15 is 0 Å². The van der Waals surface area contributed by atoms with Gasteiger partial charge in [0, 0.05) is 16.9 Å². The zero-order chi connectivity index (χ0) is 15.5. The van der Waals surface area contributed by atoms with Gasteiger partial charge in [0.15, 0.2) is 0 Å². The zero-order valence-electron chi connectivity index (χ0n) is 12.5. The van der Waals surface area contributed by atoms with Gasteiger partial charge in [-0.3, -0.25) is 9.59 Å². The maximum Gasteiger partial charge on any atom is 0.255 e. The van der Waals surface area contributed by atoms with E-state index in [1.54, 1.807) is 6.07 Å². The molecule has 0 saturated carbocycles. The van der Waals surface area contributed by atoms with Gasteiger partial charge in [-0.1, -0.05) is 25.5 Å². The molecule has 4 heteroatoms. The molecule has 2 N–H and O–H groups in total. The van der Waals surface area contributed by atoms with Crippen molar-refractivity contribution in [2.75, 3.05) is 10.6 Å². The van der Waals surface area contributed by atoms with E-state index in [0.717, 1.165) is 24.1 Å². The maximum atomic E-state index is 12.3. The third kappa shape index (κ3) is 3.01. The highest BCUT2D eigenvalue weighted by Crippen LogP contribution is 2.26. The van der Waals surface area contributed by atoms with Crippen molar-refractivity contribution < 1.29 is 9.59 Å². The average molecular weight is 294 g/mol. The van der Waals surface area contributed by atoms with E-state index in [9.17, 15) is 9.59 Å². The molecule has 112 valence electrons. The summed E-state index contributed by atoms with van der Waals surface area (Å²) in [4.78, 5) is 23.6. The van der Waals surface area contributed by atoms with E-state index in [0.29, 0.717) is 17.7 Å². The lowest BCUT2D eigenvalue weighted by atomic mass is 10.1. The second-order valence-electron chi connectivity index (χ2n) is 5.50. The average Bonchev–Trinajstić information content (AvgIpc) is 2.87. The normalized spacial score (nSPS) is 12.7. The molecular weight excluding hydrogens is 276 g/mol. The first-order valence-corrected chi connectivity index (χ1v) is 7.49. The quantitative estimate of drug-likeness (QED) is 0.908. The minimum absolute atomic E-state index is 0.00927. The van der Waals surface area contributed by atoms with Crippen molar-refractivity contribution in [2.45, 2.75) is 26.2 Å². The van der Waals surface area contributed by atoms with Gasteiger partial charge in [-0.2, -0.15) is 0 Å². The summed E-state index contributed by atoms with van der Waals surface area (Å²) in [6.07, 6.45) is 2.48. The number of nitrogens with one attached hydrogen (secondary N) is 2. The minimum Gasteiger partial charge on any atom is -0.326 e. The Balaban J connectivity index is 1.71. The van der Waals surface area contributed by atoms with Crippen LogP contribution in [0.1, 0.15) is 34.8 Å². The molecule has 1 heterocycles. The SMILES string of the molecule is CCCc1ccc(C(=O)Nc2ccc3c(c2)CC(=O)N3)cc1. The molecule has 0 aliphatic carbocycles. The predicted octanol–water partition coefficient (Wildman–Crippen LogP) is 3.39. The number of benzene rings is 2. The van der Waals surface area contributed by atoms with Crippen molar-refractivity contribution in [2.24, 2.45) is 0 Å². The van der Waals surface area contributed by atoms with Gasteiger partial charge in [-0.05, 0) is 47.9 Å². The molecule has 0 bridgehead atoms. The monoisotopic (exact) mass is 294 g/mol. The van der Waals surface area contributed by atoms with Crippen LogP contribution in [-0.2, 0) is 17.6 Å². The Labute approximate surface area is 129 Å². The largest absolute Gasteiger partial charge is 0.326 e. The topological polar surface area (TPSA) is 58.2 Å². The Kier molecular flexibility index (Phi) is 3.92. The summed E-state index contributed by atoms with van der Waals surface area (Å²) in [7, 11) is 0. The number of aryl methyl sites for hydroxylation is 1. The Bertz CT molecular complexity index is 720. The number of carbonyl (C=O) groups excluding carboxylic acids is 2. The molecule has 2 aromatic rings. The number of hydrogen-bond donors (Lipinski definition) is 2. The molecule has 0 radical (unpaired) electrons. The van der Waals surface area contributed by atoms with Gasteiger partial charge < -0.3 is 10.6 Å². The Hall–Kier alpha value is -2.62. The number of anilines is 2. The molecule has 0 aromatic heterocycles. The van der Waals surface area contributed by atoms with Crippen LogP contribution in [-0.4, -0.2) is 11.8 Å². The number of amides is 2. The highest BCUT2D eigenvalue weighted by Gasteiger charge is 2.18. The molecule has 22 heavy (non-hydrogen) atoms. The fourth-order valence-corrected chi connectivity index (χ4v) is 2.62. The first kappa shape index (κ1) is 14.3. The number of carbonyl (C=O) groups is 2. The van der Waals surface area contributed by atoms with Crippen LogP contribution in [0.4, 0.5) is 11.4 Å². The van der Waals surface area contributed by atoms with E-state index < -0.39 is 0 Å². The van der Waals surface area contributed by atoms with E-state index in [1.807, 2.05) is 36.4 Å². The molecule has 0 spiro atoms. The van der Waals surface area contributed by atoms with Crippen LogP contribution < -0.4 is 10.6 Å². The molecule has 1 aliphatic heterocycles. The van der Waals surface area contributed by atoms with Gasteiger partial charge in [0.05, 0.1) is 6.42 Å². The molecule has 0 fully saturated rings. The van der Waals surface area contributed by atoms with Crippen LogP contribution in [0.5, 0.6) is 0 Å². The standard InChI is InChI=1S/C18H18N2O2/c1-2-3-12-4-6-13(7-5-12)18(22)19-15-8-9-16-14(10-15)11-17(21)20-16/h4-10H,2-3,11H2,1H3,(H,19,22)(H,20,21). The van der Waals surface area contributed by atoms with Crippen molar-refractivity contribution in [3.63, 3.8) is 0 Å². The molecular formula is C18H18N2O2. The highest BCUT2D eigenvalue weighted by atomic mass is 16.2. The smallest absolute Gasteiger partial charge is 0.255 e. The summed E-state index contributed by atoms with van der Waals surface area (Å²) >= 11 is 0. The summed E-state index contributed by atoms with van der Waals surface area (Å²) in [6.45, 7) is 2.13. The molecule has 2 amide bonds. The van der Waals surface area contributed by atoms with Crippen molar-refractivity contribution in [3.8, 4) is 0 Å². The molecule has 2 aromatic carbocycles. The summed E-state index contributed by atoms with van der Waals surface area (Å²) in [5.74, 6) is -0.148. The van der Waals surface area contributed by atoms with Crippen molar-refractivity contribution in [3.05, 3.63) is 59.2 Å². The van der Waals surface area contributed by atoms with Crippen LogP contribution in [0.3, 0.4) is 0 Å². The first-order valence-electron chi connectivity index (χ1n) is 7.49. The van der Waals surface area contributed by atoms with Gasteiger partial charge in [0.25, 0.3) is 5.91 Å². The van der Waals surface area contributed by atoms with Crippen LogP contribution in [0.2, 0.25) is 0 Å².